The van der Waals surface area contributed by atoms with Crippen LogP contribution in [0.15, 0.2) is 36.4 Å². The van der Waals surface area contributed by atoms with E-state index in [0.29, 0.717) is 24.7 Å². The lowest BCUT2D eigenvalue weighted by Gasteiger charge is -2.41. The number of nitrogens with zero attached hydrogens (tertiary/aromatic N) is 3. The maximum absolute atomic E-state index is 13.2. The summed E-state index contributed by atoms with van der Waals surface area (Å²) in [6.45, 7) is 5.22. The number of likely N-dealkylation sites (tertiary alicyclic amines) is 1. The minimum absolute atomic E-state index is 0.0383. The van der Waals surface area contributed by atoms with E-state index in [1.807, 2.05) is 49.1 Å². The predicted octanol–water partition coefficient (Wildman–Crippen LogP) is 2.94. The predicted molar refractivity (Wildman–Crippen MR) is 108 cm³/mol. The highest BCUT2D eigenvalue weighted by molar-refractivity contribution is 5.93. The minimum Gasteiger partial charge on any atom is -0.385 e. The van der Waals surface area contributed by atoms with Gasteiger partial charge in [0.15, 0.2) is 0 Å². The molecule has 2 aromatic rings. The van der Waals surface area contributed by atoms with Gasteiger partial charge in [-0.15, -0.1) is 0 Å². The highest BCUT2D eigenvalue weighted by Gasteiger charge is 2.50. The van der Waals surface area contributed by atoms with Gasteiger partial charge in [-0.1, -0.05) is 44.2 Å². The molecule has 0 radical (unpaired) electrons. The second kappa shape index (κ2) is 7.17. The van der Waals surface area contributed by atoms with E-state index >= 15 is 0 Å². The van der Waals surface area contributed by atoms with Crippen molar-refractivity contribution in [2.45, 2.75) is 44.6 Å². The van der Waals surface area contributed by atoms with E-state index in [1.165, 1.54) is 0 Å². The monoisotopic (exact) mass is 380 g/mol. The standard InChI is InChI=1S/C22H28N4O2/c1-14(2)18-11-19(25-21(23)24-18)20(27)26-12-15-7-6-10-22(28,17(15)13-26)16-8-4-3-5-9-16/h3-5,8-9,11,14-15,17,28H,6-7,10,12-13H2,1-2H3,(H2,23,24,25)/t15-,17+,22+/m1/s1. The number of carbonyl (C=O) groups excluding carboxylic acids is 1. The fourth-order valence-corrected chi connectivity index (χ4v) is 4.83. The van der Waals surface area contributed by atoms with Crippen LogP contribution in [0.25, 0.3) is 0 Å². The topological polar surface area (TPSA) is 92.3 Å². The number of nitrogen functional groups attached to an aromatic ring is 1. The summed E-state index contributed by atoms with van der Waals surface area (Å²) in [5, 5.41) is 11.6. The van der Waals surface area contributed by atoms with Crippen LogP contribution in [0.5, 0.6) is 0 Å². The van der Waals surface area contributed by atoms with Crippen LogP contribution < -0.4 is 5.73 Å². The zero-order chi connectivity index (χ0) is 19.9. The summed E-state index contributed by atoms with van der Waals surface area (Å²) >= 11 is 0. The van der Waals surface area contributed by atoms with Gasteiger partial charge in [0.1, 0.15) is 5.69 Å². The smallest absolute Gasteiger partial charge is 0.272 e. The van der Waals surface area contributed by atoms with Crippen molar-refractivity contribution in [1.82, 2.24) is 14.9 Å². The van der Waals surface area contributed by atoms with Gasteiger partial charge < -0.3 is 15.7 Å². The molecule has 1 saturated carbocycles. The molecule has 0 bridgehead atoms. The van der Waals surface area contributed by atoms with Crippen molar-refractivity contribution in [3.05, 3.63) is 53.3 Å². The van der Waals surface area contributed by atoms with Crippen LogP contribution in [-0.4, -0.2) is 39.0 Å². The van der Waals surface area contributed by atoms with Gasteiger partial charge in [0.2, 0.25) is 5.95 Å². The average molecular weight is 380 g/mol. The van der Waals surface area contributed by atoms with Crippen LogP contribution in [-0.2, 0) is 5.60 Å². The van der Waals surface area contributed by atoms with Crippen LogP contribution in [0.1, 0.15) is 60.8 Å². The summed E-state index contributed by atoms with van der Waals surface area (Å²) in [6, 6.07) is 11.6. The van der Waals surface area contributed by atoms with Gasteiger partial charge >= 0.3 is 0 Å². The number of amides is 1. The van der Waals surface area contributed by atoms with E-state index in [-0.39, 0.29) is 23.7 Å². The van der Waals surface area contributed by atoms with Crippen LogP contribution in [0.2, 0.25) is 0 Å². The fraction of sp³-hybridized carbons (Fsp3) is 0.500. The number of aromatic nitrogens is 2. The highest BCUT2D eigenvalue weighted by Crippen LogP contribution is 2.48. The van der Waals surface area contributed by atoms with Gasteiger partial charge in [-0.05, 0) is 42.7 Å². The average Bonchev–Trinajstić information content (AvgIpc) is 3.13. The van der Waals surface area contributed by atoms with Gasteiger partial charge in [0, 0.05) is 24.7 Å². The van der Waals surface area contributed by atoms with Crippen molar-refractivity contribution in [3.63, 3.8) is 0 Å². The SMILES string of the molecule is CC(C)c1cc(C(=O)N2C[C@H]3CCC[C@](O)(c4ccccc4)[C@H]3C2)nc(N)n1. The lowest BCUT2D eigenvalue weighted by atomic mass is 9.67. The third-order valence-electron chi connectivity index (χ3n) is 6.32. The molecule has 2 heterocycles. The van der Waals surface area contributed by atoms with Crippen LogP contribution >= 0.6 is 0 Å². The number of carbonyl (C=O) groups is 1. The number of rotatable bonds is 3. The molecule has 6 nitrogen and oxygen atoms in total. The van der Waals surface area contributed by atoms with E-state index in [0.717, 1.165) is 30.5 Å². The first-order chi connectivity index (χ1) is 13.4. The quantitative estimate of drug-likeness (QED) is 0.854. The molecule has 0 unspecified atom stereocenters. The maximum Gasteiger partial charge on any atom is 0.272 e. The van der Waals surface area contributed by atoms with Crippen LogP contribution in [0.3, 0.4) is 0 Å². The van der Waals surface area contributed by atoms with Crippen molar-refractivity contribution in [2.24, 2.45) is 11.8 Å². The first-order valence-corrected chi connectivity index (χ1v) is 10.1. The van der Waals surface area contributed by atoms with E-state index in [1.54, 1.807) is 6.07 Å². The van der Waals surface area contributed by atoms with Crippen molar-refractivity contribution in [3.8, 4) is 0 Å². The molecular weight excluding hydrogens is 352 g/mol. The van der Waals surface area contributed by atoms with Crippen LogP contribution in [0.4, 0.5) is 5.95 Å². The van der Waals surface area contributed by atoms with E-state index in [9.17, 15) is 9.90 Å². The Morgan fingerprint density at radius 1 is 1.25 bits per heavy atom. The van der Waals surface area contributed by atoms with Gasteiger partial charge in [-0.2, -0.15) is 0 Å². The number of anilines is 1. The molecule has 1 aliphatic carbocycles. The molecule has 0 spiro atoms. The number of nitrogens with two attached hydrogens (primary N) is 1. The molecule has 4 rings (SSSR count). The summed E-state index contributed by atoms with van der Waals surface area (Å²) in [6.07, 6.45) is 2.73. The lowest BCUT2D eigenvalue weighted by molar-refractivity contribution is -0.0644. The van der Waals surface area contributed by atoms with Gasteiger partial charge in [0.25, 0.3) is 5.91 Å². The molecule has 1 aliphatic heterocycles. The Morgan fingerprint density at radius 2 is 2.00 bits per heavy atom. The van der Waals surface area contributed by atoms with Crippen molar-refractivity contribution < 1.29 is 9.90 Å². The summed E-state index contributed by atoms with van der Waals surface area (Å²) < 4.78 is 0. The summed E-state index contributed by atoms with van der Waals surface area (Å²) in [5.74, 6) is 0.511. The molecule has 2 aliphatic rings. The Labute approximate surface area is 165 Å². The summed E-state index contributed by atoms with van der Waals surface area (Å²) in [7, 11) is 0. The van der Waals surface area contributed by atoms with Gasteiger partial charge in [0.05, 0.1) is 5.60 Å². The van der Waals surface area contributed by atoms with E-state index < -0.39 is 5.60 Å². The summed E-state index contributed by atoms with van der Waals surface area (Å²) in [5.41, 5.74) is 7.02. The molecule has 2 fully saturated rings. The fourth-order valence-electron chi connectivity index (χ4n) is 4.83. The molecule has 28 heavy (non-hydrogen) atoms. The number of aliphatic hydroxyl groups is 1. The number of hydrogen-bond donors (Lipinski definition) is 2. The molecule has 1 saturated heterocycles. The van der Waals surface area contributed by atoms with Crippen LogP contribution in [0, 0.1) is 11.8 Å². The van der Waals surface area contributed by atoms with E-state index in [2.05, 4.69) is 9.97 Å². The number of hydrogen-bond acceptors (Lipinski definition) is 5. The molecule has 1 aromatic carbocycles. The second-order valence-electron chi connectivity index (χ2n) is 8.45. The Bertz CT molecular complexity index is 870. The van der Waals surface area contributed by atoms with Gasteiger partial charge in [-0.25, -0.2) is 9.97 Å². The van der Waals surface area contributed by atoms with Crippen molar-refractivity contribution in [1.29, 1.82) is 0 Å². The Morgan fingerprint density at radius 3 is 2.71 bits per heavy atom. The number of fused-ring (bicyclic) bond motifs is 1. The molecule has 148 valence electrons. The molecule has 3 atom stereocenters. The van der Waals surface area contributed by atoms with Gasteiger partial charge in [-0.3, -0.25) is 4.79 Å². The molecule has 1 amide bonds. The molecule has 6 heteroatoms. The first-order valence-electron chi connectivity index (χ1n) is 10.1. The number of benzene rings is 1. The maximum atomic E-state index is 13.2. The molecular formula is C22H28N4O2. The Balaban J connectivity index is 1.60. The Hall–Kier alpha value is -2.47. The summed E-state index contributed by atoms with van der Waals surface area (Å²) in [4.78, 5) is 23.4. The normalized spacial score (nSPS) is 27.1. The zero-order valence-electron chi connectivity index (χ0n) is 16.5. The van der Waals surface area contributed by atoms with E-state index in [4.69, 9.17) is 5.73 Å². The first kappa shape index (κ1) is 18.9. The molecule has 3 N–H and O–H groups in total. The third kappa shape index (κ3) is 3.26. The van der Waals surface area contributed by atoms with Crippen molar-refractivity contribution in [2.75, 3.05) is 18.8 Å². The largest absolute Gasteiger partial charge is 0.385 e. The third-order valence-corrected chi connectivity index (χ3v) is 6.32. The Kier molecular flexibility index (Phi) is 4.83. The zero-order valence-corrected chi connectivity index (χ0v) is 16.5. The highest BCUT2D eigenvalue weighted by atomic mass is 16.3. The lowest BCUT2D eigenvalue weighted by Crippen LogP contribution is -2.43. The molecule has 1 aromatic heterocycles. The van der Waals surface area contributed by atoms with Crippen molar-refractivity contribution >= 4 is 11.9 Å². The minimum atomic E-state index is -0.882. The second-order valence-corrected chi connectivity index (χ2v) is 8.45.